The number of fused-ring (bicyclic) bond motifs is 1. The summed E-state index contributed by atoms with van der Waals surface area (Å²) < 4.78 is 35.6. The van der Waals surface area contributed by atoms with Gasteiger partial charge in [0.2, 0.25) is 0 Å². The molecule has 2 aromatic carbocycles. The molecule has 0 radical (unpaired) electrons. The number of rotatable bonds is 6. The second kappa shape index (κ2) is 8.43. The average molecular weight is 467 g/mol. The van der Waals surface area contributed by atoms with Gasteiger partial charge in [-0.3, -0.25) is 4.72 Å². The van der Waals surface area contributed by atoms with Crippen LogP contribution in [0.2, 0.25) is 0 Å². The number of ether oxygens (including phenoxy) is 1. The van der Waals surface area contributed by atoms with Crippen LogP contribution in [0.3, 0.4) is 0 Å². The van der Waals surface area contributed by atoms with Crippen LogP contribution in [0.5, 0.6) is 5.75 Å². The molecule has 0 spiro atoms. The van der Waals surface area contributed by atoms with Crippen molar-refractivity contribution >= 4 is 31.6 Å². The van der Waals surface area contributed by atoms with Crippen molar-refractivity contribution in [3.63, 3.8) is 0 Å². The minimum Gasteiger partial charge on any atom is -0.496 e. The van der Waals surface area contributed by atoms with Gasteiger partial charge < -0.3 is 9.64 Å². The van der Waals surface area contributed by atoms with Crippen LogP contribution in [0.1, 0.15) is 30.0 Å². The summed E-state index contributed by atoms with van der Waals surface area (Å²) in [7, 11) is 2.14. The van der Waals surface area contributed by atoms with E-state index in [4.69, 9.17) is 4.74 Å². The molecule has 1 N–H and O–H groups in total. The Kier molecular flexibility index (Phi) is 6.37. The largest absolute Gasteiger partial charge is 0.496 e. The van der Waals surface area contributed by atoms with Gasteiger partial charge in [-0.25, -0.2) is 8.42 Å². The number of halogens is 1. The van der Waals surface area contributed by atoms with E-state index in [1.165, 1.54) is 0 Å². The molecule has 0 aromatic heterocycles. The second-order valence-electron chi connectivity index (χ2n) is 7.34. The van der Waals surface area contributed by atoms with E-state index in [0.717, 1.165) is 46.2 Å². The van der Waals surface area contributed by atoms with Gasteiger partial charge in [-0.1, -0.05) is 22.9 Å². The van der Waals surface area contributed by atoms with Gasteiger partial charge in [-0.05, 0) is 81.2 Å². The van der Waals surface area contributed by atoms with E-state index in [0.29, 0.717) is 23.0 Å². The van der Waals surface area contributed by atoms with Crippen molar-refractivity contribution in [3.05, 3.63) is 51.5 Å². The minimum atomic E-state index is -3.68. The highest BCUT2D eigenvalue weighted by Crippen LogP contribution is 2.37. The van der Waals surface area contributed by atoms with Crippen LogP contribution in [0, 0.1) is 0 Å². The Hall–Kier alpha value is -1.57. The zero-order valence-electron chi connectivity index (χ0n) is 16.8. The molecule has 152 valence electrons. The molecule has 0 saturated carbocycles. The molecule has 1 aliphatic rings. The Bertz CT molecular complexity index is 974. The highest BCUT2D eigenvalue weighted by atomic mass is 79.9. The quantitative estimate of drug-likeness (QED) is 0.691. The number of hydrogen-bond donors (Lipinski definition) is 1. The normalized spacial score (nSPS) is 16.7. The standard InChI is InChI=1S/C21H27BrN2O3S/c1-5-14-12-15(22)6-11-21(14)28(25,26)23-19-9-10-20(27-4)18-13-16(24(2)3)7-8-17(18)19/h6,9-12,16,23H,5,7-8,13H2,1-4H3/t16-/m0/s1. The molecule has 0 saturated heterocycles. The summed E-state index contributed by atoms with van der Waals surface area (Å²) in [5.41, 5.74) is 3.57. The van der Waals surface area contributed by atoms with Gasteiger partial charge in [0.1, 0.15) is 5.75 Å². The van der Waals surface area contributed by atoms with Crippen molar-refractivity contribution in [1.29, 1.82) is 0 Å². The summed E-state index contributed by atoms with van der Waals surface area (Å²) in [6.07, 6.45) is 3.29. The van der Waals surface area contributed by atoms with E-state index in [-0.39, 0.29) is 0 Å². The maximum Gasteiger partial charge on any atom is 0.262 e. The summed E-state index contributed by atoms with van der Waals surface area (Å²) in [4.78, 5) is 2.54. The number of nitrogens with zero attached hydrogens (tertiary/aromatic N) is 1. The molecule has 0 amide bonds. The van der Waals surface area contributed by atoms with Crippen molar-refractivity contribution in [2.24, 2.45) is 0 Å². The highest BCUT2D eigenvalue weighted by molar-refractivity contribution is 9.10. The summed E-state index contributed by atoms with van der Waals surface area (Å²) in [5.74, 6) is 0.822. The summed E-state index contributed by atoms with van der Waals surface area (Å²) >= 11 is 3.42. The number of hydrogen-bond acceptors (Lipinski definition) is 4. The highest BCUT2D eigenvalue weighted by Gasteiger charge is 2.27. The number of likely N-dealkylation sites (N-methyl/N-ethyl adjacent to an activating group) is 1. The van der Waals surface area contributed by atoms with Crippen molar-refractivity contribution < 1.29 is 13.2 Å². The Labute approximate surface area is 176 Å². The van der Waals surface area contributed by atoms with E-state index in [9.17, 15) is 8.42 Å². The molecule has 0 bridgehead atoms. The van der Waals surface area contributed by atoms with E-state index in [2.05, 4.69) is 39.6 Å². The first-order valence-corrected chi connectivity index (χ1v) is 11.7. The first-order chi connectivity index (χ1) is 13.3. The number of sulfonamides is 1. The van der Waals surface area contributed by atoms with Crippen LogP contribution < -0.4 is 9.46 Å². The van der Waals surface area contributed by atoms with Gasteiger partial charge in [0.25, 0.3) is 10.0 Å². The molecule has 2 aromatic rings. The SMILES string of the molecule is CCc1cc(Br)ccc1S(=O)(=O)Nc1ccc(OC)c2c1CC[C@H](N(C)C)C2. The second-order valence-corrected chi connectivity index (χ2v) is 9.91. The van der Waals surface area contributed by atoms with Gasteiger partial charge >= 0.3 is 0 Å². The lowest BCUT2D eigenvalue weighted by molar-refractivity contribution is 0.265. The van der Waals surface area contributed by atoms with Crippen molar-refractivity contribution in [2.45, 2.75) is 43.5 Å². The number of methoxy groups -OCH3 is 1. The predicted octanol–water partition coefficient (Wildman–Crippen LogP) is 4.24. The molecule has 1 aliphatic carbocycles. The van der Waals surface area contributed by atoms with Crippen LogP contribution >= 0.6 is 15.9 Å². The summed E-state index contributed by atoms with van der Waals surface area (Å²) in [5, 5.41) is 0. The molecular formula is C21H27BrN2O3S. The van der Waals surface area contributed by atoms with Crippen LogP contribution in [-0.2, 0) is 29.3 Å². The third-order valence-corrected chi connectivity index (χ3v) is 7.40. The third-order valence-electron chi connectivity index (χ3n) is 5.44. The number of benzene rings is 2. The molecule has 1 atom stereocenters. The first kappa shape index (κ1) is 21.1. The smallest absolute Gasteiger partial charge is 0.262 e. The molecule has 0 aliphatic heterocycles. The Morgan fingerprint density at radius 3 is 2.61 bits per heavy atom. The monoisotopic (exact) mass is 466 g/mol. The van der Waals surface area contributed by atoms with Crippen LogP contribution in [-0.4, -0.2) is 40.6 Å². The minimum absolute atomic E-state index is 0.324. The molecule has 28 heavy (non-hydrogen) atoms. The fourth-order valence-electron chi connectivity index (χ4n) is 3.84. The van der Waals surface area contributed by atoms with Gasteiger partial charge in [-0.2, -0.15) is 0 Å². The summed E-state index contributed by atoms with van der Waals surface area (Å²) in [6.45, 7) is 1.96. The molecular weight excluding hydrogens is 440 g/mol. The van der Waals surface area contributed by atoms with E-state index in [1.54, 1.807) is 19.2 Å². The topological polar surface area (TPSA) is 58.6 Å². The maximum absolute atomic E-state index is 13.1. The zero-order valence-corrected chi connectivity index (χ0v) is 19.2. The van der Waals surface area contributed by atoms with Gasteiger partial charge in [-0.15, -0.1) is 0 Å². The molecule has 0 heterocycles. The Balaban J connectivity index is 2.01. The van der Waals surface area contributed by atoms with Gasteiger partial charge in [0.15, 0.2) is 0 Å². The Morgan fingerprint density at radius 2 is 1.96 bits per heavy atom. The maximum atomic E-state index is 13.1. The lowest BCUT2D eigenvalue weighted by Gasteiger charge is -2.32. The molecule has 5 nitrogen and oxygen atoms in total. The molecule has 0 unspecified atom stereocenters. The number of aryl methyl sites for hydroxylation is 1. The fourth-order valence-corrected chi connectivity index (χ4v) is 5.64. The van der Waals surface area contributed by atoms with Crippen molar-refractivity contribution in [2.75, 3.05) is 25.9 Å². The first-order valence-electron chi connectivity index (χ1n) is 9.43. The van der Waals surface area contributed by atoms with Gasteiger partial charge in [0.05, 0.1) is 17.7 Å². The van der Waals surface area contributed by atoms with Crippen LogP contribution in [0.25, 0.3) is 0 Å². The lowest BCUT2D eigenvalue weighted by atomic mass is 9.86. The molecule has 3 rings (SSSR count). The average Bonchev–Trinajstić information content (AvgIpc) is 2.67. The van der Waals surface area contributed by atoms with Crippen molar-refractivity contribution in [3.8, 4) is 5.75 Å². The van der Waals surface area contributed by atoms with Crippen LogP contribution in [0.4, 0.5) is 5.69 Å². The fraction of sp³-hybridized carbons (Fsp3) is 0.429. The van der Waals surface area contributed by atoms with Crippen LogP contribution in [0.15, 0.2) is 39.7 Å². The van der Waals surface area contributed by atoms with Crippen molar-refractivity contribution in [1.82, 2.24) is 4.90 Å². The molecule has 0 fully saturated rings. The van der Waals surface area contributed by atoms with E-state index in [1.807, 2.05) is 25.1 Å². The zero-order chi connectivity index (χ0) is 20.5. The summed E-state index contributed by atoms with van der Waals surface area (Å²) in [6, 6.07) is 9.38. The Morgan fingerprint density at radius 1 is 1.21 bits per heavy atom. The number of nitrogens with one attached hydrogen (secondary N) is 1. The van der Waals surface area contributed by atoms with E-state index < -0.39 is 10.0 Å². The predicted molar refractivity (Wildman–Crippen MR) is 117 cm³/mol. The molecule has 7 heteroatoms. The lowest BCUT2D eigenvalue weighted by Crippen LogP contribution is -2.34. The number of anilines is 1. The van der Waals surface area contributed by atoms with Gasteiger partial charge in [0, 0.05) is 16.1 Å². The van der Waals surface area contributed by atoms with E-state index >= 15 is 0 Å². The third kappa shape index (κ3) is 4.21.